The number of aliphatic carboxylic acids is 1. The summed E-state index contributed by atoms with van der Waals surface area (Å²) in [6, 6.07) is 2.89. The molecule has 1 amide bonds. The fourth-order valence-corrected chi connectivity index (χ4v) is 2.35. The molecular weight excluding hydrogens is 282 g/mol. The van der Waals surface area contributed by atoms with Crippen LogP contribution in [0, 0.1) is 17.0 Å². The molecule has 1 aliphatic rings. The minimum absolute atomic E-state index is 0.0281. The molecule has 1 aromatic rings. The van der Waals surface area contributed by atoms with Crippen LogP contribution in [0.15, 0.2) is 18.2 Å². The SMILES string of the molecule is CC1(C(=O)O)CCN(CC(=O)Nc2ccc(F)cc2F)C1. The van der Waals surface area contributed by atoms with Gasteiger partial charge in [0.05, 0.1) is 17.6 Å². The molecule has 1 saturated heterocycles. The lowest BCUT2D eigenvalue weighted by Crippen LogP contribution is -2.36. The molecule has 1 heterocycles. The summed E-state index contributed by atoms with van der Waals surface area (Å²) in [5.74, 6) is -2.92. The molecule has 21 heavy (non-hydrogen) atoms. The van der Waals surface area contributed by atoms with E-state index in [9.17, 15) is 18.4 Å². The van der Waals surface area contributed by atoms with Crippen LogP contribution in [0.5, 0.6) is 0 Å². The Balaban J connectivity index is 1.93. The molecule has 114 valence electrons. The van der Waals surface area contributed by atoms with Crippen LogP contribution < -0.4 is 5.32 Å². The summed E-state index contributed by atoms with van der Waals surface area (Å²) in [6.45, 7) is 2.36. The first-order valence-corrected chi connectivity index (χ1v) is 6.51. The molecule has 5 nitrogen and oxygen atoms in total. The molecule has 2 N–H and O–H groups in total. The Bertz CT molecular complexity index is 579. The van der Waals surface area contributed by atoms with Crippen LogP contribution in [-0.4, -0.2) is 41.5 Å². The molecule has 1 aliphatic heterocycles. The minimum Gasteiger partial charge on any atom is -0.481 e. The largest absolute Gasteiger partial charge is 0.481 e. The second kappa shape index (κ2) is 5.77. The van der Waals surface area contributed by atoms with Gasteiger partial charge in [0.2, 0.25) is 5.91 Å². The first-order valence-electron chi connectivity index (χ1n) is 6.51. The molecule has 0 saturated carbocycles. The quantitative estimate of drug-likeness (QED) is 0.887. The van der Waals surface area contributed by atoms with Crippen LogP contribution >= 0.6 is 0 Å². The minimum atomic E-state index is -0.894. The Morgan fingerprint density at radius 1 is 1.43 bits per heavy atom. The van der Waals surface area contributed by atoms with Crippen molar-refractivity contribution < 1.29 is 23.5 Å². The van der Waals surface area contributed by atoms with Crippen molar-refractivity contribution in [3.05, 3.63) is 29.8 Å². The van der Waals surface area contributed by atoms with E-state index in [0.717, 1.165) is 12.1 Å². The van der Waals surface area contributed by atoms with Crippen LogP contribution in [0.2, 0.25) is 0 Å². The van der Waals surface area contributed by atoms with Gasteiger partial charge in [-0.2, -0.15) is 0 Å². The van der Waals surface area contributed by atoms with Crippen LogP contribution in [0.25, 0.3) is 0 Å². The summed E-state index contributed by atoms with van der Waals surface area (Å²) < 4.78 is 26.2. The maximum Gasteiger partial charge on any atom is 0.310 e. The summed E-state index contributed by atoms with van der Waals surface area (Å²) >= 11 is 0. The number of amides is 1. The Kier molecular flexibility index (Phi) is 4.22. The predicted octanol–water partition coefficient (Wildman–Crippen LogP) is 1.70. The molecule has 7 heteroatoms. The van der Waals surface area contributed by atoms with Gasteiger partial charge in [-0.25, -0.2) is 8.78 Å². The highest BCUT2D eigenvalue weighted by Crippen LogP contribution is 2.29. The summed E-state index contributed by atoms with van der Waals surface area (Å²) in [7, 11) is 0. The molecule has 1 unspecified atom stereocenters. The van der Waals surface area contributed by atoms with Crippen molar-refractivity contribution in [3.63, 3.8) is 0 Å². The molecule has 0 spiro atoms. The predicted molar refractivity (Wildman–Crippen MR) is 71.8 cm³/mol. The van der Waals surface area contributed by atoms with E-state index in [0.29, 0.717) is 19.0 Å². The highest BCUT2D eigenvalue weighted by Gasteiger charge is 2.40. The first kappa shape index (κ1) is 15.4. The number of nitrogens with one attached hydrogen (secondary N) is 1. The Hall–Kier alpha value is -2.02. The lowest BCUT2D eigenvalue weighted by molar-refractivity contribution is -0.147. The zero-order valence-electron chi connectivity index (χ0n) is 11.5. The lowest BCUT2D eigenvalue weighted by atomic mass is 9.90. The maximum atomic E-state index is 13.4. The van der Waals surface area contributed by atoms with Crippen molar-refractivity contribution in [2.45, 2.75) is 13.3 Å². The normalized spacial score (nSPS) is 22.2. The van der Waals surface area contributed by atoms with Gasteiger partial charge >= 0.3 is 5.97 Å². The number of carbonyl (C=O) groups excluding carboxylic acids is 1. The number of carboxylic acids is 1. The second-order valence-corrected chi connectivity index (χ2v) is 5.50. The standard InChI is InChI=1S/C14H16F2N2O3/c1-14(13(20)21)4-5-18(8-14)7-12(19)17-11-3-2-9(15)6-10(11)16/h2-3,6H,4-5,7-8H2,1H3,(H,17,19)(H,20,21). The van der Waals surface area contributed by atoms with Crippen LogP contribution in [0.3, 0.4) is 0 Å². The molecule has 0 radical (unpaired) electrons. The molecule has 0 aromatic heterocycles. The van der Waals surface area contributed by atoms with Gasteiger partial charge in [0.15, 0.2) is 0 Å². The van der Waals surface area contributed by atoms with Crippen molar-refractivity contribution in [1.82, 2.24) is 4.90 Å². The van der Waals surface area contributed by atoms with Crippen molar-refractivity contribution in [3.8, 4) is 0 Å². The number of likely N-dealkylation sites (tertiary alicyclic amines) is 1. The third-order valence-corrected chi connectivity index (χ3v) is 3.64. The highest BCUT2D eigenvalue weighted by molar-refractivity contribution is 5.92. The van der Waals surface area contributed by atoms with E-state index < -0.39 is 28.9 Å². The van der Waals surface area contributed by atoms with Crippen LogP contribution in [0.1, 0.15) is 13.3 Å². The van der Waals surface area contributed by atoms with Crippen LogP contribution in [-0.2, 0) is 9.59 Å². The van der Waals surface area contributed by atoms with Gasteiger partial charge in [0, 0.05) is 12.6 Å². The Morgan fingerprint density at radius 2 is 2.14 bits per heavy atom. The number of rotatable bonds is 4. The van der Waals surface area contributed by atoms with E-state index in [1.165, 1.54) is 0 Å². The van der Waals surface area contributed by atoms with E-state index >= 15 is 0 Å². The summed E-state index contributed by atoms with van der Waals surface area (Å²) in [5.41, 5.74) is -0.955. The van der Waals surface area contributed by atoms with Crippen molar-refractivity contribution in [2.24, 2.45) is 5.41 Å². The number of hydrogen-bond acceptors (Lipinski definition) is 3. The molecule has 0 bridgehead atoms. The van der Waals surface area contributed by atoms with E-state index in [4.69, 9.17) is 5.11 Å². The van der Waals surface area contributed by atoms with Gasteiger partial charge in [0.25, 0.3) is 0 Å². The number of carbonyl (C=O) groups is 2. The third-order valence-electron chi connectivity index (χ3n) is 3.64. The number of halogens is 2. The van der Waals surface area contributed by atoms with E-state index in [2.05, 4.69) is 5.32 Å². The lowest BCUT2D eigenvalue weighted by Gasteiger charge is -2.19. The van der Waals surface area contributed by atoms with Gasteiger partial charge < -0.3 is 10.4 Å². The van der Waals surface area contributed by atoms with E-state index in [1.807, 2.05) is 0 Å². The summed E-state index contributed by atoms with van der Waals surface area (Å²) in [5, 5.41) is 11.5. The number of carboxylic acid groups (broad SMARTS) is 1. The van der Waals surface area contributed by atoms with Gasteiger partial charge in [-0.3, -0.25) is 14.5 Å². The fourth-order valence-electron chi connectivity index (χ4n) is 2.35. The monoisotopic (exact) mass is 298 g/mol. The van der Waals surface area contributed by atoms with Crippen LogP contribution in [0.4, 0.5) is 14.5 Å². The molecule has 1 atom stereocenters. The summed E-state index contributed by atoms with van der Waals surface area (Å²) in [6.07, 6.45) is 0.459. The van der Waals surface area contributed by atoms with Crippen molar-refractivity contribution >= 4 is 17.6 Å². The van der Waals surface area contributed by atoms with E-state index in [1.54, 1.807) is 11.8 Å². The average Bonchev–Trinajstić information content (AvgIpc) is 2.76. The fraction of sp³-hybridized carbons (Fsp3) is 0.429. The number of nitrogens with zero attached hydrogens (tertiary/aromatic N) is 1. The zero-order chi connectivity index (χ0) is 15.6. The topological polar surface area (TPSA) is 69.6 Å². The molecule has 2 rings (SSSR count). The Labute approximate surface area is 120 Å². The van der Waals surface area contributed by atoms with E-state index in [-0.39, 0.29) is 18.8 Å². The Morgan fingerprint density at radius 3 is 2.71 bits per heavy atom. The number of benzene rings is 1. The maximum absolute atomic E-state index is 13.4. The highest BCUT2D eigenvalue weighted by atomic mass is 19.1. The van der Waals surface area contributed by atoms with Gasteiger partial charge in [0.1, 0.15) is 11.6 Å². The van der Waals surface area contributed by atoms with Gasteiger partial charge in [-0.15, -0.1) is 0 Å². The molecule has 1 fully saturated rings. The average molecular weight is 298 g/mol. The van der Waals surface area contributed by atoms with Crippen molar-refractivity contribution in [1.29, 1.82) is 0 Å². The van der Waals surface area contributed by atoms with Gasteiger partial charge in [-0.1, -0.05) is 0 Å². The zero-order valence-corrected chi connectivity index (χ0v) is 11.5. The molecule has 0 aliphatic carbocycles. The summed E-state index contributed by atoms with van der Waals surface area (Å²) in [4.78, 5) is 24.6. The number of hydrogen-bond donors (Lipinski definition) is 2. The van der Waals surface area contributed by atoms with Crippen molar-refractivity contribution in [2.75, 3.05) is 25.0 Å². The number of anilines is 1. The molecule has 1 aromatic carbocycles. The third kappa shape index (κ3) is 3.55. The smallest absolute Gasteiger partial charge is 0.310 e. The molecular formula is C14H16F2N2O3. The van der Waals surface area contributed by atoms with Gasteiger partial charge in [-0.05, 0) is 32.0 Å². The second-order valence-electron chi connectivity index (χ2n) is 5.50. The first-order chi connectivity index (χ1) is 9.80.